The molecule has 1 amide bonds. The molecule has 2 rings (SSSR count). The molecule has 0 aliphatic carbocycles. The maximum Gasteiger partial charge on any atom is 0.282 e. The first-order valence-electron chi connectivity index (χ1n) is 6.10. The van der Waals surface area contributed by atoms with Gasteiger partial charge in [0, 0.05) is 25.3 Å². The number of carbonyl (C=O) groups excluding carboxylic acids is 1. The van der Waals surface area contributed by atoms with Crippen LogP contribution in [0.2, 0.25) is 0 Å². The molecule has 0 saturated carbocycles. The van der Waals surface area contributed by atoms with Gasteiger partial charge in [0.25, 0.3) is 5.91 Å². The van der Waals surface area contributed by atoms with Gasteiger partial charge in [-0.05, 0) is 26.7 Å². The van der Waals surface area contributed by atoms with E-state index < -0.39 is 0 Å². The molecule has 1 aliphatic rings. The summed E-state index contributed by atoms with van der Waals surface area (Å²) >= 11 is 1.28. The van der Waals surface area contributed by atoms with E-state index in [1.165, 1.54) is 11.3 Å². The van der Waals surface area contributed by atoms with Gasteiger partial charge in [0.2, 0.25) is 10.1 Å². The molecule has 1 aromatic heterocycles. The van der Waals surface area contributed by atoms with Crippen molar-refractivity contribution in [3.05, 3.63) is 5.01 Å². The van der Waals surface area contributed by atoms with Crippen molar-refractivity contribution < 1.29 is 9.53 Å². The maximum atomic E-state index is 12.1. The Balaban J connectivity index is 1.97. The van der Waals surface area contributed by atoms with Crippen LogP contribution in [0.5, 0.6) is 0 Å². The van der Waals surface area contributed by atoms with E-state index in [-0.39, 0.29) is 11.4 Å². The van der Waals surface area contributed by atoms with Crippen molar-refractivity contribution in [2.24, 2.45) is 0 Å². The molecule has 1 saturated heterocycles. The molecule has 0 aromatic carbocycles. The first kappa shape index (κ1) is 13.2. The van der Waals surface area contributed by atoms with Crippen LogP contribution in [0.1, 0.15) is 36.5 Å². The molecule has 2 heterocycles. The fraction of sp³-hybridized carbons (Fsp3) is 0.727. The lowest BCUT2D eigenvalue weighted by Crippen LogP contribution is -2.49. The quantitative estimate of drug-likeness (QED) is 0.861. The first-order valence-corrected chi connectivity index (χ1v) is 6.92. The number of hydrogen-bond donors (Lipinski definition) is 2. The molecule has 0 bridgehead atoms. The van der Waals surface area contributed by atoms with Crippen LogP contribution in [-0.2, 0) is 4.74 Å². The van der Waals surface area contributed by atoms with Crippen molar-refractivity contribution in [3.63, 3.8) is 0 Å². The van der Waals surface area contributed by atoms with Gasteiger partial charge in [0.05, 0.1) is 0 Å². The number of hydrogen-bond acceptors (Lipinski definition) is 6. The molecule has 6 nitrogen and oxygen atoms in total. The standard InChI is InChI=1S/C11H18N4O2S/c1-3-12-10-15-14-9(18-10)8(16)13-11(2)4-6-17-7-5-11/h3-7H2,1-2H3,(H,12,15)(H,13,16). The second kappa shape index (κ2) is 5.62. The van der Waals surface area contributed by atoms with Crippen LogP contribution in [0.3, 0.4) is 0 Å². The smallest absolute Gasteiger partial charge is 0.282 e. The molecule has 18 heavy (non-hydrogen) atoms. The SMILES string of the molecule is CCNc1nnc(C(=O)NC2(C)CCOCC2)s1. The Morgan fingerprint density at radius 2 is 2.17 bits per heavy atom. The van der Waals surface area contributed by atoms with Gasteiger partial charge in [-0.2, -0.15) is 0 Å². The minimum Gasteiger partial charge on any atom is -0.381 e. The van der Waals surface area contributed by atoms with Gasteiger partial charge in [-0.25, -0.2) is 0 Å². The third-order valence-corrected chi connectivity index (χ3v) is 3.84. The minimum absolute atomic E-state index is 0.152. The van der Waals surface area contributed by atoms with Crippen molar-refractivity contribution >= 4 is 22.4 Å². The van der Waals surface area contributed by atoms with E-state index in [4.69, 9.17) is 4.74 Å². The van der Waals surface area contributed by atoms with E-state index in [1.54, 1.807) is 0 Å². The molecular formula is C11H18N4O2S. The third kappa shape index (κ3) is 3.17. The maximum absolute atomic E-state index is 12.1. The highest BCUT2D eigenvalue weighted by atomic mass is 32.1. The summed E-state index contributed by atoms with van der Waals surface area (Å²) in [6, 6.07) is 0. The number of rotatable bonds is 4. The summed E-state index contributed by atoms with van der Waals surface area (Å²) in [5.41, 5.74) is -0.195. The first-order chi connectivity index (χ1) is 8.63. The summed E-state index contributed by atoms with van der Waals surface area (Å²) in [4.78, 5) is 12.1. The highest BCUT2D eigenvalue weighted by Crippen LogP contribution is 2.21. The number of ether oxygens (including phenoxy) is 1. The molecule has 0 atom stereocenters. The van der Waals surface area contributed by atoms with E-state index in [0.717, 1.165) is 19.4 Å². The van der Waals surface area contributed by atoms with E-state index in [9.17, 15) is 4.79 Å². The Labute approximate surface area is 110 Å². The zero-order valence-electron chi connectivity index (χ0n) is 10.7. The Morgan fingerprint density at radius 3 is 2.83 bits per heavy atom. The van der Waals surface area contributed by atoms with Crippen molar-refractivity contribution in [2.75, 3.05) is 25.1 Å². The summed E-state index contributed by atoms with van der Waals surface area (Å²) < 4.78 is 5.30. The topological polar surface area (TPSA) is 76.1 Å². The molecule has 0 spiro atoms. The van der Waals surface area contributed by atoms with Crippen molar-refractivity contribution in [1.82, 2.24) is 15.5 Å². The number of nitrogens with zero attached hydrogens (tertiary/aromatic N) is 2. The molecule has 1 aromatic rings. The molecule has 0 unspecified atom stereocenters. The Kier molecular flexibility index (Phi) is 4.13. The van der Waals surface area contributed by atoms with E-state index in [2.05, 4.69) is 20.8 Å². The third-order valence-electron chi connectivity index (χ3n) is 2.96. The van der Waals surface area contributed by atoms with E-state index in [1.807, 2.05) is 13.8 Å². The van der Waals surface area contributed by atoms with Crippen molar-refractivity contribution in [1.29, 1.82) is 0 Å². The summed E-state index contributed by atoms with van der Waals surface area (Å²) in [7, 11) is 0. The lowest BCUT2D eigenvalue weighted by atomic mass is 9.92. The average molecular weight is 270 g/mol. The summed E-state index contributed by atoms with van der Waals surface area (Å²) in [5.74, 6) is -0.152. The van der Waals surface area contributed by atoms with Crippen LogP contribution in [-0.4, -0.2) is 41.4 Å². The normalized spacial score (nSPS) is 18.3. The largest absolute Gasteiger partial charge is 0.381 e. The molecule has 1 fully saturated rings. The van der Waals surface area contributed by atoms with Crippen LogP contribution in [0.4, 0.5) is 5.13 Å². The second-order valence-corrected chi connectivity index (χ2v) is 5.55. The van der Waals surface area contributed by atoms with Crippen molar-refractivity contribution in [3.8, 4) is 0 Å². The van der Waals surface area contributed by atoms with Gasteiger partial charge >= 0.3 is 0 Å². The van der Waals surface area contributed by atoms with Crippen LogP contribution >= 0.6 is 11.3 Å². The Morgan fingerprint density at radius 1 is 1.44 bits per heavy atom. The predicted octanol–water partition coefficient (Wildman–Crippen LogP) is 1.27. The van der Waals surface area contributed by atoms with Gasteiger partial charge < -0.3 is 15.4 Å². The highest BCUT2D eigenvalue weighted by Gasteiger charge is 2.30. The zero-order valence-corrected chi connectivity index (χ0v) is 11.5. The number of aromatic nitrogens is 2. The van der Waals surface area contributed by atoms with Gasteiger partial charge in [-0.1, -0.05) is 11.3 Å². The Bertz CT molecular complexity index is 415. The lowest BCUT2D eigenvalue weighted by Gasteiger charge is -2.34. The highest BCUT2D eigenvalue weighted by molar-refractivity contribution is 7.17. The molecule has 0 radical (unpaired) electrons. The fourth-order valence-electron chi connectivity index (χ4n) is 1.81. The number of anilines is 1. The summed E-state index contributed by atoms with van der Waals surface area (Å²) in [6.45, 7) is 6.17. The summed E-state index contributed by atoms with van der Waals surface area (Å²) in [5, 5.41) is 15.0. The lowest BCUT2D eigenvalue weighted by molar-refractivity contribution is 0.0422. The minimum atomic E-state index is -0.195. The van der Waals surface area contributed by atoms with Crippen LogP contribution in [0, 0.1) is 0 Å². The molecule has 7 heteroatoms. The van der Waals surface area contributed by atoms with E-state index >= 15 is 0 Å². The Hall–Kier alpha value is -1.21. The molecule has 2 N–H and O–H groups in total. The monoisotopic (exact) mass is 270 g/mol. The van der Waals surface area contributed by atoms with Crippen LogP contribution in [0.25, 0.3) is 0 Å². The number of nitrogens with one attached hydrogen (secondary N) is 2. The summed E-state index contributed by atoms with van der Waals surface area (Å²) in [6.07, 6.45) is 1.66. The molecule has 100 valence electrons. The zero-order chi connectivity index (χ0) is 13.0. The van der Waals surface area contributed by atoms with Crippen LogP contribution < -0.4 is 10.6 Å². The van der Waals surface area contributed by atoms with E-state index in [0.29, 0.717) is 23.4 Å². The molecule has 1 aliphatic heterocycles. The predicted molar refractivity (Wildman–Crippen MR) is 70.0 cm³/mol. The van der Waals surface area contributed by atoms with Gasteiger partial charge in [0.15, 0.2) is 0 Å². The van der Waals surface area contributed by atoms with Crippen LogP contribution in [0.15, 0.2) is 0 Å². The average Bonchev–Trinajstić information content (AvgIpc) is 2.78. The van der Waals surface area contributed by atoms with Gasteiger partial charge in [-0.3, -0.25) is 4.79 Å². The number of carbonyl (C=O) groups is 1. The fourth-order valence-corrected chi connectivity index (χ4v) is 2.52. The van der Waals surface area contributed by atoms with Crippen molar-refractivity contribution in [2.45, 2.75) is 32.2 Å². The number of amides is 1. The van der Waals surface area contributed by atoms with Gasteiger partial charge in [0.1, 0.15) is 0 Å². The van der Waals surface area contributed by atoms with Gasteiger partial charge in [-0.15, -0.1) is 10.2 Å². The molecular weight excluding hydrogens is 252 g/mol. The second-order valence-electron chi connectivity index (χ2n) is 4.57.